The van der Waals surface area contributed by atoms with Crippen LogP contribution in [-0.4, -0.2) is 15.5 Å². The monoisotopic (exact) mass is 403 g/mol. The van der Waals surface area contributed by atoms with Gasteiger partial charge in [0.15, 0.2) is 0 Å². The van der Waals surface area contributed by atoms with Crippen LogP contribution in [-0.2, 0) is 17.6 Å². The lowest BCUT2D eigenvalue weighted by Gasteiger charge is -2.13. The third-order valence-electron chi connectivity index (χ3n) is 5.68. The number of unbranched alkanes of at least 4 members (excludes halogenated alkanes) is 2. The van der Waals surface area contributed by atoms with Gasteiger partial charge in [0.25, 0.3) is 5.56 Å². The number of amides is 1. The van der Waals surface area contributed by atoms with Gasteiger partial charge >= 0.3 is 0 Å². The molecule has 1 heterocycles. The van der Waals surface area contributed by atoms with Gasteiger partial charge in [0.1, 0.15) is 5.82 Å². The van der Waals surface area contributed by atoms with E-state index in [1.807, 2.05) is 36.4 Å². The van der Waals surface area contributed by atoms with Crippen LogP contribution >= 0.6 is 0 Å². The lowest BCUT2D eigenvalue weighted by atomic mass is 10.1. The molecule has 5 heteroatoms. The summed E-state index contributed by atoms with van der Waals surface area (Å²) in [5.41, 5.74) is 2.83. The largest absolute Gasteiger partial charge is 0.326 e. The molecule has 4 rings (SSSR count). The molecule has 30 heavy (non-hydrogen) atoms. The minimum absolute atomic E-state index is 0.0113. The summed E-state index contributed by atoms with van der Waals surface area (Å²) in [5.74, 6) is 0.654. The molecule has 0 saturated heterocycles. The number of carbonyl (C=O) groups is 1. The Labute approximate surface area is 177 Å². The van der Waals surface area contributed by atoms with E-state index in [-0.39, 0.29) is 17.5 Å². The van der Waals surface area contributed by atoms with E-state index in [1.165, 1.54) is 24.8 Å². The smallest absolute Gasteiger partial charge is 0.261 e. The molecular formula is C25H29N3O2. The van der Waals surface area contributed by atoms with E-state index in [0.29, 0.717) is 29.6 Å². The van der Waals surface area contributed by atoms with Crippen LogP contribution in [0.25, 0.3) is 10.9 Å². The standard InChI is InChI=1S/C25H29N3O2/c1-2-3-4-7-18-10-12-19(13-11-18)26-24(29)17-16-23-27-22-9-6-5-8-21(22)25(30)28(23)20-14-15-20/h5-6,8-13,20H,2-4,7,14-17H2,1H3,(H,26,29). The summed E-state index contributed by atoms with van der Waals surface area (Å²) in [4.78, 5) is 30.1. The van der Waals surface area contributed by atoms with Crippen molar-refractivity contribution in [2.75, 3.05) is 5.32 Å². The van der Waals surface area contributed by atoms with Crippen LogP contribution < -0.4 is 10.9 Å². The average molecular weight is 404 g/mol. The molecule has 1 aliphatic rings. The Bertz CT molecular complexity index is 1080. The van der Waals surface area contributed by atoms with Crippen molar-refractivity contribution >= 4 is 22.5 Å². The van der Waals surface area contributed by atoms with E-state index >= 15 is 0 Å². The molecule has 1 N–H and O–H groups in total. The Morgan fingerprint density at radius 2 is 1.83 bits per heavy atom. The van der Waals surface area contributed by atoms with Crippen molar-refractivity contribution in [1.82, 2.24) is 9.55 Å². The summed E-state index contributed by atoms with van der Waals surface area (Å²) in [7, 11) is 0. The highest BCUT2D eigenvalue weighted by atomic mass is 16.1. The number of rotatable bonds is 9. The van der Waals surface area contributed by atoms with Crippen molar-refractivity contribution < 1.29 is 4.79 Å². The summed E-state index contributed by atoms with van der Waals surface area (Å²) in [5, 5.41) is 3.62. The third-order valence-corrected chi connectivity index (χ3v) is 5.68. The first-order valence-electron chi connectivity index (χ1n) is 11.0. The molecular weight excluding hydrogens is 374 g/mol. The molecule has 0 radical (unpaired) electrons. The summed E-state index contributed by atoms with van der Waals surface area (Å²) in [6.45, 7) is 2.20. The minimum Gasteiger partial charge on any atom is -0.326 e. The molecule has 0 atom stereocenters. The molecule has 2 aromatic carbocycles. The first-order valence-corrected chi connectivity index (χ1v) is 11.0. The van der Waals surface area contributed by atoms with Crippen LogP contribution in [0.2, 0.25) is 0 Å². The van der Waals surface area contributed by atoms with Gasteiger partial charge in [-0.05, 0) is 55.5 Å². The summed E-state index contributed by atoms with van der Waals surface area (Å²) in [6, 6.07) is 15.8. The molecule has 0 unspecified atom stereocenters. The van der Waals surface area contributed by atoms with Crippen molar-refractivity contribution in [2.24, 2.45) is 0 Å². The van der Waals surface area contributed by atoms with E-state index in [1.54, 1.807) is 4.57 Å². The number of carbonyl (C=O) groups excluding carboxylic acids is 1. The van der Waals surface area contributed by atoms with Gasteiger partial charge in [0.2, 0.25) is 5.91 Å². The van der Waals surface area contributed by atoms with Crippen LogP contribution in [0.1, 0.15) is 62.9 Å². The second kappa shape index (κ2) is 9.24. The second-order valence-electron chi connectivity index (χ2n) is 8.15. The first-order chi connectivity index (χ1) is 14.7. The number of hydrogen-bond acceptors (Lipinski definition) is 3. The second-order valence-corrected chi connectivity index (χ2v) is 8.15. The molecule has 0 bridgehead atoms. The molecule has 0 spiro atoms. The Balaban J connectivity index is 1.41. The Morgan fingerprint density at radius 3 is 2.57 bits per heavy atom. The third kappa shape index (κ3) is 4.78. The summed E-state index contributed by atoms with van der Waals surface area (Å²) < 4.78 is 1.81. The van der Waals surface area contributed by atoms with Crippen molar-refractivity contribution in [1.29, 1.82) is 0 Å². The zero-order chi connectivity index (χ0) is 20.9. The van der Waals surface area contributed by atoms with Crippen LogP contribution in [0.3, 0.4) is 0 Å². The quantitative estimate of drug-likeness (QED) is 0.509. The fourth-order valence-electron chi connectivity index (χ4n) is 3.86. The van der Waals surface area contributed by atoms with Crippen molar-refractivity contribution in [3.63, 3.8) is 0 Å². The van der Waals surface area contributed by atoms with Gasteiger partial charge in [0, 0.05) is 24.6 Å². The van der Waals surface area contributed by atoms with Crippen LogP contribution in [0.4, 0.5) is 5.69 Å². The van der Waals surface area contributed by atoms with Gasteiger partial charge in [-0.15, -0.1) is 0 Å². The highest BCUT2D eigenvalue weighted by molar-refractivity contribution is 5.90. The van der Waals surface area contributed by atoms with Gasteiger partial charge in [-0.25, -0.2) is 4.98 Å². The van der Waals surface area contributed by atoms with E-state index in [0.717, 1.165) is 24.9 Å². The van der Waals surface area contributed by atoms with Crippen LogP contribution in [0, 0.1) is 0 Å². The van der Waals surface area contributed by atoms with Gasteiger partial charge < -0.3 is 5.32 Å². The fraction of sp³-hybridized carbons (Fsp3) is 0.400. The maximum Gasteiger partial charge on any atom is 0.261 e. The topological polar surface area (TPSA) is 64.0 Å². The zero-order valence-electron chi connectivity index (χ0n) is 17.6. The molecule has 1 fully saturated rings. The molecule has 1 aliphatic carbocycles. The van der Waals surface area contributed by atoms with Crippen molar-refractivity contribution in [3.8, 4) is 0 Å². The maximum absolute atomic E-state index is 12.9. The number of nitrogens with zero attached hydrogens (tertiary/aromatic N) is 2. The van der Waals surface area contributed by atoms with Crippen LogP contribution in [0.5, 0.6) is 0 Å². The molecule has 5 nitrogen and oxygen atoms in total. The normalized spacial score (nSPS) is 13.5. The van der Waals surface area contributed by atoms with Gasteiger partial charge in [-0.1, -0.05) is 44.0 Å². The Morgan fingerprint density at radius 1 is 1.07 bits per heavy atom. The summed E-state index contributed by atoms with van der Waals surface area (Å²) in [6.07, 6.45) is 7.50. The number of nitrogens with one attached hydrogen (secondary N) is 1. The SMILES string of the molecule is CCCCCc1ccc(NC(=O)CCc2nc3ccccc3c(=O)n2C2CC2)cc1. The molecule has 1 saturated carbocycles. The van der Waals surface area contributed by atoms with Crippen molar-refractivity contribution in [2.45, 2.75) is 64.3 Å². The highest BCUT2D eigenvalue weighted by Gasteiger charge is 2.28. The van der Waals surface area contributed by atoms with E-state index in [4.69, 9.17) is 4.98 Å². The Kier molecular flexibility index (Phi) is 6.26. The first kappa shape index (κ1) is 20.3. The maximum atomic E-state index is 12.9. The average Bonchev–Trinajstić information content (AvgIpc) is 3.59. The minimum atomic E-state index is -0.0570. The number of hydrogen-bond donors (Lipinski definition) is 1. The number of benzene rings is 2. The lowest BCUT2D eigenvalue weighted by Crippen LogP contribution is -2.25. The number of aryl methyl sites for hydroxylation is 2. The highest BCUT2D eigenvalue weighted by Crippen LogP contribution is 2.34. The van der Waals surface area contributed by atoms with Gasteiger partial charge in [-0.3, -0.25) is 14.2 Å². The van der Waals surface area contributed by atoms with Gasteiger partial charge in [0.05, 0.1) is 10.9 Å². The summed E-state index contributed by atoms with van der Waals surface area (Å²) >= 11 is 0. The fourth-order valence-corrected chi connectivity index (χ4v) is 3.86. The Hall–Kier alpha value is -2.95. The number of fused-ring (bicyclic) bond motifs is 1. The molecule has 3 aromatic rings. The van der Waals surface area contributed by atoms with Gasteiger partial charge in [-0.2, -0.15) is 0 Å². The molecule has 1 aromatic heterocycles. The zero-order valence-corrected chi connectivity index (χ0v) is 17.6. The molecule has 1 amide bonds. The molecule has 156 valence electrons. The van der Waals surface area contributed by atoms with Crippen molar-refractivity contribution in [3.05, 3.63) is 70.3 Å². The molecule has 0 aliphatic heterocycles. The lowest BCUT2D eigenvalue weighted by molar-refractivity contribution is -0.116. The van der Waals surface area contributed by atoms with E-state index in [9.17, 15) is 9.59 Å². The number of para-hydroxylation sites is 1. The number of aromatic nitrogens is 2. The number of anilines is 1. The predicted molar refractivity (Wildman–Crippen MR) is 121 cm³/mol. The van der Waals surface area contributed by atoms with Crippen LogP contribution in [0.15, 0.2) is 53.3 Å². The van der Waals surface area contributed by atoms with E-state index in [2.05, 4.69) is 24.4 Å². The predicted octanol–water partition coefficient (Wildman–Crippen LogP) is 5.04. The van der Waals surface area contributed by atoms with E-state index < -0.39 is 0 Å².